The summed E-state index contributed by atoms with van der Waals surface area (Å²) >= 11 is 1.79. The van der Waals surface area contributed by atoms with Crippen LogP contribution in [0.15, 0.2) is 18.6 Å². The molecule has 0 spiro atoms. The molecule has 1 aliphatic rings. The smallest absolute Gasteiger partial charge is 0.358 e. The van der Waals surface area contributed by atoms with Gasteiger partial charge in [0, 0.05) is 11.3 Å². The van der Waals surface area contributed by atoms with Gasteiger partial charge < -0.3 is 10.1 Å². The van der Waals surface area contributed by atoms with E-state index in [9.17, 15) is 10.1 Å². The second-order valence-corrected chi connectivity index (χ2v) is 10.1. The Balaban J connectivity index is 1.45. The van der Waals surface area contributed by atoms with Crippen LogP contribution in [0.4, 0.5) is 5.82 Å². The van der Waals surface area contributed by atoms with Gasteiger partial charge in [0.1, 0.15) is 11.2 Å². The molecule has 0 aliphatic heterocycles. The lowest BCUT2D eigenvalue weighted by Crippen LogP contribution is -2.26. The van der Waals surface area contributed by atoms with E-state index in [1.54, 1.807) is 33.1 Å². The molecule has 10 heteroatoms. The van der Waals surface area contributed by atoms with E-state index in [4.69, 9.17) is 4.98 Å². The maximum Gasteiger partial charge on any atom is 0.389 e. The fraction of sp³-hybridized carbons (Fsp3) is 0.500. The summed E-state index contributed by atoms with van der Waals surface area (Å²) in [6.07, 6.45) is 7.22. The summed E-state index contributed by atoms with van der Waals surface area (Å²) in [6, 6.07) is 1.40. The number of rotatable bonds is 4. The molecule has 156 valence electrons. The lowest BCUT2D eigenvalue weighted by atomic mass is 9.72. The Kier molecular flexibility index (Phi) is 4.35. The van der Waals surface area contributed by atoms with Crippen molar-refractivity contribution < 1.29 is 4.92 Å². The third-order valence-corrected chi connectivity index (χ3v) is 7.20. The largest absolute Gasteiger partial charge is 0.389 e. The molecule has 9 nitrogen and oxygen atoms in total. The van der Waals surface area contributed by atoms with Crippen LogP contribution in [0.5, 0.6) is 0 Å². The van der Waals surface area contributed by atoms with Crippen LogP contribution in [-0.4, -0.2) is 34.3 Å². The molecule has 0 fully saturated rings. The minimum atomic E-state index is -0.494. The third-order valence-electron chi connectivity index (χ3n) is 6.03. The summed E-state index contributed by atoms with van der Waals surface area (Å²) in [6.45, 7) is 7.46. The number of aromatic nitrogens is 6. The first-order valence-electron chi connectivity index (χ1n) is 10.1. The fourth-order valence-electron chi connectivity index (χ4n) is 4.25. The topological polar surface area (TPSA) is 104 Å². The number of aryl methyl sites for hydroxylation is 3. The number of fused-ring (bicyclic) bond motifs is 5. The van der Waals surface area contributed by atoms with Gasteiger partial charge in [-0.05, 0) is 41.1 Å². The lowest BCUT2D eigenvalue weighted by Gasteiger charge is -2.33. The predicted octanol–water partition coefficient (Wildman–Crippen LogP) is 3.84. The van der Waals surface area contributed by atoms with E-state index >= 15 is 0 Å². The molecule has 0 amide bonds. The van der Waals surface area contributed by atoms with E-state index in [-0.39, 0.29) is 5.82 Å². The Bertz CT molecular complexity index is 1260. The molecular formula is C20H23N7O2S. The van der Waals surface area contributed by atoms with Crippen LogP contribution in [0, 0.1) is 21.4 Å². The zero-order chi connectivity index (χ0) is 21.0. The van der Waals surface area contributed by atoms with Crippen LogP contribution >= 0.6 is 11.3 Å². The average Bonchev–Trinajstić information content (AvgIpc) is 3.40. The zero-order valence-electron chi connectivity index (χ0n) is 17.2. The third kappa shape index (κ3) is 3.24. The monoisotopic (exact) mass is 425 g/mol. The first-order valence-corrected chi connectivity index (χ1v) is 10.9. The highest BCUT2D eigenvalue weighted by Crippen LogP contribution is 2.43. The van der Waals surface area contributed by atoms with E-state index in [2.05, 4.69) is 36.0 Å². The van der Waals surface area contributed by atoms with Gasteiger partial charge in [-0.25, -0.2) is 14.5 Å². The van der Waals surface area contributed by atoms with Crippen molar-refractivity contribution in [3.63, 3.8) is 0 Å². The normalized spacial score (nSPS) is 17.0. The van der Waals surface area contributed by atoms with E-state index in [0.717, 1.165) is 28.7 Å². The molecule has 1 aliphatic carbocycles. The first kappa shape index (κ1) is 19.1. The summed E-state index contributed by atoms with van der Waals surface area (Å²) in [5.74, 6) is 1.22. The minimum Gasteiger partial charge on any atom is -0.358 e. The number of hydrogen-bond acceptors (Lipinski definition) is 7. The summed E-state index contributed by atoms with van der Waals surface area (Å²) in [4.78, 5) is 22.2. The molecule has 4 aromatic rings. The molecule has 5 rings (SSSR count). The Morgan fingerprint density at radius 2 is 2.17 bits per heavy atom. The first-order chi connectivity index (χ1) is 14.3. The van der Waals surface area contributed by atoms with Gasteiger partial charge >= 0.3 is 5.82 Å². The molecule has 0 aromatic carbocycles. The van der Waals surface area contributed by atoms with Crippen LogP contribution in [0.3, 0.4) is 0 Å². The number of hydrogen-bond donors (Lipinski definition) is 0. The van der Waals surface area contributed by atoms with Gasteiger partial charge in [-0.2, -0.15) is 4.68 Å². The fourth-order valence-corrected chi connectivity index (χ4v) is 5.51. The van der Waals surface area contributed by atoms with Crippen molar-refractivity contribution in [2.24, 2.45) is 11.3 Å². The highest BCUT2D eigenvalue weighted by molar-refractivity contribution is 7.19. The Morgan fingerprint density at radius 3 is 2.90 bits per heavy atom. The van der Waals surface area contributed by atoms with Crippen molar-refractivity contribution in [3.05, 3.63) is 45.0 Å². The average molecular weight is 426 g/mol. The maximum atomic E-state index is 10.8. The second-order valence-electron chi connectivity index (χ2n) is 8.97. The Labute approximate surface area is 176 Å². The highest BCUT2D eigenvalue weighted by atomic mass is 32.1. The second kappa shape index (κ2) is 6.83. The molecule has 0 saturated carbocycles. The standard InChI is InChI=1S/C20H23N7O2S/c1-20(2,3)12-4-5-13-14(10-12)30-19-17(13)18-22-15(23-26(18)11-21-19)6-8-25-9-7-16(24-25)27(28)29/h7,9,11-12H,4-6,8,10H2,1-3H3. The molecule has 4 heterocycles. The van der Waals surface area contributed by atoms with Gasteiger partial charge in [-0.1, -0.05) is 20.8 Å². The summed E-state index contributed by atoms with van der Waals surface area (Å²) in [5.41, 5.74) is 2.55. The number of nitrogens with zero attached hydrogens (tertiary/aromatic N) is 7. The van der Waals surface area contributed by atoms with Gasteiger partial charge in [-0.15, -0.1) is 16.4 Å². The Morgan fingerprint density at radius 1 is 1.33 bits per heavy atom. The zero-order valence-corrected chi connectivity index (χ0v) is 18.0. The number of nitro groups is 1. The molecular weight excluding hydrogens is 402 g/mol. The Hall–Kier alpha value is -2.88. The van der Waals surface area contributed by atoms with Crippen LogP contribution in [0.2, 0.25) is 0 Å². The summed E-state index contributed by atoms with van der Waals surface area (Å²) in [5, 5.41) is 20.5. The van der Waals surface area contributed by atoms with Crippen molar-refractivity contribution in [2.45, 2.75) is 53.0 Å². The van der Waals surface area contributed by atoms with Gasteiger partial charge in [0.25, 0.3) is 0 Å². The lowest BCUT2D eigenvalue weighted by molar-refractivity contribution is -0.389. The molecule has 1 atom stereocenters. The van der Waals surface area contributed by atoms with Gasteiger partial charge in [-0.3, -0.25) is 0 Å². The summed E-state index contributed by atoms with van der Waals surface area (Å²) < 4.78 is 3.31. The van der Waals surface area contributed by atoms with Crippen molar-refractivity contribution in [3.8, 4) is 0 Å². The van der Waals surface area contributed by atoms with E-state index in [1.165, 1.54) is 22.9 Å². The maximum absolute atomic E-state index is 10.8. The molecule has 30 heavy (non-hydrogen) atoms. The van der Waals surface area contributed by atoms with E-state index in [0.29, 0.717) is 30.1 Å². The quantitative estimate of drug-likeness (QED) is 0.363. The van der Waals surface area contributed by atoms with Gasteiger partial charge in [0.05, 0.1) is 29.3 Å². The van der Waals surface area contributed by atoms with Crippen molar-refractivity contribution in [2.75, 3.05) is 0 Å². The molecule has 0 N–H and O–H groups in total. The van der Waals surface area contributed by atoms with Gasteiger partial charge in [0.2, 0.25) is 0 Å². The molecule has 0 radical (unpaired) electrons. The van der Waals surface area contributed by atoms with Crippen LogP contribution in [-0.2, 0) is 25.8 Å². The van der Waals surface area contributed by atoms with Crippen LogP contribution in [0.1, 0.15) is 43.5 Å². The molecule has 4 aromatic heterocycles. The minimum absolute atomic E-state index is 0.151. The highest BCUT2D eigenvalue weighted by Gasteiger charge is 2.31. The van der Waals surface area contributed by atoms with Gasteiger partial charge in [0.15, 0.2) is 11.5 Å². The van der Waals surface area contributed by atoms with Crippen LogP contribution in [0.25, 0.3) is 15.9 Å². The summed E-state index contributed by atoms with van der Waals surface area (Å²) in [7, 11) is 0. The SMILES string of the molecule is CC(C)(C)C1CCc2c(sc3ncn4nc(CCn5ccc([N+](=O)[O-])n5)nc4c23)C1. The molecule has 1 unspecified atom stereocenters. The molecule has 0 bridgehead atoms. The van der Waals surface area contributed by atoms with E-state index in [1.807, 2.05) is 0 Å². The number of thiophene rings is 1. The van der Waals surface area contributed by atoms with Crippen molar-refractivity contribution in [1.29, 1.82) is 0 Å². The van der Waals surface area contributed by atoms with Crippen LogP contribution < -0.4 is 0 Å². The predicted molar refractivity (Wildman–Crippen MR) is 114 cm³/mol. The van der Waals surface area contributed by atoms with Crippen molar-refractivity contribution in [1.82, 2.24) is 29.4 Å². The molecule has 0 saturated heterocycles. The van der Waals surface area contributed by atoms with E-state index < -0.39 is 4.92 Å². The van der Waals surface area contributed by atoms with Crippen molar-refractivity contribution >= 4 is 33.0 Å².